The van der Waals surface area contributed by atoms with E-state index in [9.17, 15) is 0 Å². The molecule has 3 nitrogen and oxygen atoms in total. The van der Waals surface area contributed by atoms with Crippen LogP contribution in [0.3, 0.4) is 0 Å². The number of nitrogens with one attached hydrogen (secondary N) is 1. The van der Waals surface area contributed by atoms with Crippen LogP contribution in [0, 0.1) is 0 Å². The Morgan fingerprint density at radius 3 is 3.10 bits per heavy atom. The van der Waals surface area contributed by atoms with E-state index in [1.165, 1.54) is 0 Å². The molecule has 1 aromatic heterocycles. The second-order valence-corrected chi connectivity index (χ2v) is 2.42. The van der Waals surface area contributed by atoms with Gasteiger partial charge in [-0.1, -0.05) is 0 Å². The van der Waals surface area contributed by atoms with Crippen LogP contribution in [-0.4, -0.2) is 21.2 Å². The number of hydrogen-bond acceptors (Lipinski definition) is 2. The average molecular weight is 140 g/mol. The van der Waals surface area contributed by atoms with Crippen LogP contribution in [-0.2, 0) is 6.42 Å². The first-order valence-corrected chi connectivity index (χ1v) is 3.45. The first-order chi connectivity index (χ1) is 4.79. The van der Waals surface area contributed by atoms with Gasteiger partial charge in [0.15, 0.2) is 0 Å². The number of nitrogens with zero attached hydrogens (tertiary/aromatic N) is 1. The van der Waals surface area contributed by atoms with E-state index in [0.717, 1.165) is 18.7 Å². The molecule has 0 bridgehead atoms. The highest BCUT2D eigenvalue weighted by Crippen LogP contribution is 1.97. The summed E-state index contributed by atoms with van der Waals surface area (Å²) in [5.74, 6) is 0.945. The fourth-order valence-electron chi connectivity index (χ4n) is 0.780. The zero-order chi connectivity index (χ0) is 7.40. The fraction of sp³-hybridized carbons (Fsp3) is 0.571. The molecular weight excluding hydrogens is 128 g/mol. The quantitative estimate of drug-likeness (QED) is 0.650. The standard InChI is InChI=1S/C7H12N2O/c1-6(10)2-3-7-8-4-5-9-7/h4-6,10H,2-3H2,1H3,(H,8,9)/t6-/m1/s1. The van der Waals surface area contributed by atoms with Crippen molar-refractivity contribution in [3.63, 3.8) is 0 Å². The topological polar surface area (TPSA) is 48.9 Å². The molecule has 0 saturated heterocycles. The van der Waals surface area contributed by atoms with Gasteiger partial charge in [0, 0.05) is 18.8 Å². The van der Waals surface area contributed by atoms with Crippen molar-refractivity contribution in [3.05, 3.63) is 18.2 Å². The number of imidazole rings is 1. The Bertz CT molecular complexity index is 170. The molecule has 1 atom stereocenters. The molecule has 0 amide bonds. The van der Waals surface area contributed by atoms with Gasteiger partial charge >= 0.3 is 0 Å². The molecule has 0 radical (unpaired) electrons. The maximum absolute atomic E-state index is 8.91. The third kappa shape index (κ3) is 2.19. The van der Waals surface area contributed by atoms with Crippen LogP contribution in [0.25, 0.3) is 0 Å². The average Bonchev–Trinajstić information content (AvgIpc) is 2.34. The fourth-order valence-corrected chi connectivity index (χ4v) is 0.780. The minimum Gasteiger partial charge on any atom is -0.393 e. The molecular formula is C7H12N2O. The summed E-state index contributed by atoms with van der Waals surface area (Å²) in [5.41, 5.74) is 0. The maximum atomic E-state index is 8.91. The van der Waals surface area contributed by atoms with E-state index < -0.39 is 0 Å². The van der Waals surface area contributed by atoms with Crippen molar-refractivity contribution in [1.29, 1.82) is 0 Å². The van der Waals surface area contributed by atoms with Gasteiger partial charge in [-0.2, -0.15) is 0 Å². The van der Waals surface area contributed by atoms with Crippen molar-refractivity contribution < 1.29 is 5.11 Å². The molecule has 0 aliphatic rings. The van der Waals surface area contributed by atoms with Crippen LogP contribution in [0.1, 0.15) is 19.2 Å². The van der Waals surface area contributed by atoms with Crippen molar-refractivity contribution >= 4 is 0 Å². The monoisotopic (exact) mass is 140 g/mol. The second kappa shape index (κ2) is 3.37. The number of aliphatic hydroxyl groups excluding tert-OH is 1. The molecule has 56 valence electrons. The summed E-state index contributed by atoms with van der Waals surface area (Å²) in [5, 5.41) is 8.91. The van der Waals surface area contributed by atoms with Crippen LogP contribution in [0.15, 0.2) is 12.4 Å². The number of hydrogen-bond donors (Lipinski definition) is 2. The van der Waals surface area contributed by atoms with Crippen molar-refractivity contribution in [1.82, 2.24) is 9.97 Å². The summed E-state index contributed by atoms with van der Waals surface area (Å²) in [6.45, 7) is 1.78. The van der Waals surface area contributed by atoms with Crippen molar-refractivity contribution in [2.75, 3.05) is 0 Å². The van der Waals surface area contributed by atoms with E-state index in [2.05, 4.69) is 9.97 Å². The Labute approximate surface area is 60.1 Å². The zero-order valence-corrected chi connectivity index (χ0v) is 6.04. The van der Waals surface area contributed by atoms with Crippen LogP contribution in [0.2, 0.25) is 0 Å². The minimum absolute atomic E-state index is 0.231. The van der Waals surface area contributed by atoms with Crippen molar-refractivity contribution in [3.8, 4) is 0 Å². The Kier molecular flexibility index (Phi) is 2.45. The first-order valence-electron chi connectivity index (χ1n) is 3.45. The molecule has 0 spiro atoms. The van der Waals surface area contributed by atoms with Gasteiger partial charge < -0.3 is 10.1 Å². The van der Waals surface area contributed by atoms with Gasteiger partial charge in [-0.05, 0) is 13.3 Å². The smallest absolute Gasteiger partial charge is 0.106 e. The lowest BCUT2D eigenvalue weighted by atomic mass is 10.2. The predicted octanol–water partition coefficient (Wildman–Crippen LogP) is 0.723. The molecule has 10 heavy (non-hydrogen) atoms. The second-order valence-electron chi connectivity index (χ2n) is 2.42. The third-order valence-corrected chi connectivity index (χ3v) is 1.35. The minimum atomic E-state index is -0.231. The lowest BCUT2D eigenvalue weighted by Gasteiger charge is -1.99. The van der Waals surface area contributed by atoms with Gasteiger partial charge in [0.05, 0.1) is 6.10 Å². The summed E-state index contributed by atoms with van der Waals surface area (Å²) in [6.07, 6.45) is 4.87. The molecule has 0 fully saturated rings. The zero-order valence-electron chi connectivity index (χ0n) is 6.04. The highest BCUT2D eigenvalue weighted by molar-refractivity contribution is 4.86. The normalized spacial score (nSPS) is 13.4. The molecule has 0 aliphatic heterocycles. The third-order valence-electron chi connectivity index (χ3n) is 1.35. The first kappa shape index (κ1) is 7.28. The van der Waals surface area contributed by atoms with Gasteiger partial charge in [0.2, 0.25) is 0 Å². The number of aromatic nitrogens is 2. The van der Waals surface area contributed by atoms with Gasteiger partial charge in [0.1, 0.15) is 5.82 Å². The van der Waals surface area contributed by atoms with Gasteiger partial charge in [-0.3, -0.25) is 0 Å². The molecule has 1 heterocycles. The molecule has 3 heteroatoms. The number of aryl methyl sites for hydroxylation is 1. The lowest BCUT2D eigenvalue weighted by Crippen LogP contribution is -2.02. The van der Waals surface area contributed by atoms with Crippen molar-refractivity contribution in [2.45, 2.75) is 25.9 Å². The largest absolute Gasteiger partial charge is 0.393 e. The van der Waals surface area contributed by atoms with Gasteiger partial charge in [-0.15, -0.1) is 0 Å². The summed E-state index contributed by atoms with van der Waals surface area (Å²) >= 11 is 0. The highest BCUT2D eigenvalue weighted by Gasteiger charge is 1.97. The lowest BCUT2D eigenvalue weighted by molar-refractivity contribution is 0.184. The van der Waals surface area contributed by atoms with E-state index in [0.29, 0.717) is 0 Å². The molecule has 1 rings (SSSR count). The molecule has 0 saturated carbocycles. The van der Waals surface area contributed by atoms with E-state index in [4.69, 9.17) is 5.11 Å². The van der Waals surface area contributed by atoms with Crippen LogP contribution in [0.4, 0.5) is 0 Å². The predicted molar refractivity (Wildman–Crippen MR) is 38.6 cm³/mol. The SMILES string of the molecule is C[C@@H](O)CCc1ncc[nH]1. The number of aliphatic hydroxyl groups is 1. The van der Waals surface area contributed by atoms with E-state index in [1.807, 2.05) is 0 Å². The van der Waals surface area contributed by atoms with E-state index in [-0.39, 0.29) is 6.10 Å². The summed E-state index contributed by atoms with van der Waals surface area (Å²) in [7, 11) is 0. The van der Waals surface area contributed by atoms with Crippen LogP contribution < -0.4 is 0 Å². The maximum Gasteiger partial charge on any atom is 0.106 e. The van der Waals surface area contributed by atoms with Crippen molar-refractivity contribution in [2.24, 2.45) is 0 Å². The van der Waals surface area contributed by atoms with Gasteiger partial charge in [0.25, 0.3) is 0 Å². The molecule has 2 N–H and O–H groups in total. The van der Waals surface area contributed by atoms with E-state index in [1.54, 1.807) is 19.3 Å². The number of aromatic amines is 1. The summed E-state index contributed by atoms with van der Waals surface area (Å²) in [4.78, 5) is 6.99. The molecule has 0 aromatic carbocycles. The summed E-state index contributed by atoms with van der Waals surface area (Å²) in [6, 6.07) is 0. The highest BCUT2D eigenvalue weighted by atomic mass is 16.3. The van der Waals surface area contributed by atoms with Gasteiger partial charge in [-0.25, -0.2) is 4.98 Å². The molecule has 0 unspecified atom stereocenters. The van der Waals surface area contributed by atoms with E-state index >= 15 is 0 Å². The van der Waals surface area contributed by atoms with Crippen LogP contribution >= 0.6 is 0 Å². The number of H-pyrrole nitrogens is 1. The molecule has 0 aliphatic carbocycles. The number of rotatable bonds is 3. The molecule has 1 aromatic rings. The Morgan fingerprint density at radius 1 is 1.80 bits per heavy atom. The Morgan fingerprint density at radius 2 is 2.60 bits per heavy atom. The van der Waals surface area contributed by atoms with Crippen LogP contribution in [0.5, 0.6) is 0 Å². The Hall–Kier alpha value is -0.830. The summed E-state index contributed by atoms with van der Waals surface area (Å²) < 4.78 is 0. The Balaban J connectivity index is 2.28.